The summed E-state index contributed by atoms with van der Waals surface area (Å²) in [6, 6.07) is 7.90. The molecule has 19 heavy (non-hydrogen) atoms. The molecule has 1 fully saturated rings. The largest absolute Gasteiger partial charge is 0.350 e. The van der Waals surface area contributed by atoms with Gasteiger partial charge in [0.15, 0.2) is 0 Å². The van der Waals surface area contributed by atoms with Crippen molar-refractivity contribution >= 4 is 28.8 Å². The Kier molecular flexibility index (Phi) is 3.29. The normalized spacial score (nSPS) is 16.1. The van der Waals surface area contributed by atoms with Crippen LogP contribution in [-0.4, -0.2) is 17.4 Å². The van der Waals surface area contributed by atoms with Crippen LogP contribution in [0.15, 0.2) is 35.2 Å². The minimum Gasteiger partial charge on any atom is -0.350 e. The van der Waals surface area contributed by atoms with Gasteiger partial charge in [0.25, 0.3) is 5.91 Å². The van der Waals surface area contributed by atoms with E-state index in [2.05, 4.69) is 10.3 Å². The van der Waals surface area contributed by atoms with E-state index in [-0.39, 0.29) is 11.3 Å². The third-order valence-corrected chi connectivity index (χ3v) is 4.40. The maximum absolute atomic E-state index is 11.9. The zero-order valence-electron chi connectivity index (χ0n) is 10.2. The number of hydrogen-bond acceptors (Lipinski definition) is 3. The second kappa shape index (κ2) is 4.94. The minimum atomic E-state index is -0.0958. The number of thiazole rings is 1. The molecule has 1 aromatic heterocycles. The standard InChI is InChI=1S/C14H13ClN2OS/c15-11-3-1-10(2-4-11)14(5-6-14)8-16-13(18)12-7-19-9-17-12/h1-4,7,9H,5-6,8H2,(H,16,18). The average Bonchev–Trinajstić information content (AvgIpc) is 3.01. The highest BCUT2D eigenvalue weighted by atomic mass is 35.5. The lowest BCUT2D eigenvalue weighted by molar-refractivity contribution is 0.0945. The van der Waals surface area contributed by atoms with Crippen molar-refractivity contribution < 1.29 is 4.79 Å². The Labute approximate surface area is 120 Å². The number of amides is 1. The number of carbonyl (C=O) groups excluding carboxylic acids is 1. The van der Waals surface area contributed by atoms with Crippen LogP contribution < -0.4 is 5.32 Å². The molecule has 1 saturated carbocycles. The molecule has 3 nitrogen and oxygen atoms in total. The van der Waals surface area contributed by atoms with Crippen molar-refractivity contribution in [3.63, 3.8) is 0 Å². The fourth-order valence-electron chi connectivity index (χ4n) is 2.19. The number of hydrogen-bond donors (Lipinski definition) is 1. The fourth-order valence-corrected chi connectivity index (χ4v) is 2.84. The highest BCUT2D eigenvalue weighted by Crippen LogP contribution is 2.47. The highest BCUT2D eigenvalue weighted by molar-refractivity contribution is 7.07. The summed E-state index contributed by atoms with van der Waals surface area (Å²) in [6.45, 7) is 0.658. The van der Waals surface area contributed by atoms with Gasteiger partial charge in [-0.15, -0.1) is 11.3 Å². The van der Waals surface area contributed by atoms with Crippen molar-refractivity contribution in [2.24, 2.45) is 0 Å². The van der Waals surface area contributed by atoms with Gasteiger partial charge in [-0.2, -0.15) is 0 Å². The van der Waals surface area contributed by atoms with Crippen molar-refractivity contribution in [2.75, 3.05) is 6.54 Å². The second-order valence-electron chi connectivity index (χ2n) is 4.84. The molecular weight excluding hydrogens is 280 g/mol. The molecule has 1 aromatic carbocycles. The van der Waals surface area contributed by atoms with Crippen LogP contribution in [-0.2, 0) is 5.41 Å². The van der Waals surface area contributed by atoms with Gasteiger partial charge >= 0.3 is 0 Å². The fraction of sp³-hybridized carbons (Fsp3) is 0.286. The highest BCUT2D eigenvalue weighted by Gasteiger charge is 2.44. The van der Waals surface area contributed by atoms with Gasteiger partial charge in [-0.3, -0.25) is 4.79 Å². The van der Waals surface area contributed by atoms with E-state index in [4.69, 9.17) is 11.6 Å². The number of nitrogens with zero attached hydrogens (tertiary/aromatic N) is 1. The first-order valence-electron chi connectivity index (χ1n) is 6.12. The monoisotopic (exact) mass is 292 g/mol. The van der Waals surface area contributed by atoms with Gasteiger partial charge in [0.1, 0.15) is 5.69 Å². The van der Waals surface area contributed by atoms with Crippen molar-refractivity contribution in [2.45, 2.75) is 18.3 Å². The summed E-state index contributed by atoms with van der Waals surface area (Å²) in [7, 11) is 0. The third-order valence-electron chi connectivity index (χ3n) is 3.56. The van der Waals surface area contributed by atoms with Crippen molar-refractivity contribution in [1.29, 1.82) is 0 Å². The maximum atomic E-state index is 11.9. The molecule has 1 N–H and O–H groups in total. The van der Waals surface area contributed by atoms with Crippen LogP contribution in [0.25, 0.3) is 0 Å². The molecular formula is C14H13ClN2OS. The predicted molar refractivity (Wildman–Crippen MR) is 76.8 cm³/mol. The van der Waals surface area contributed by atoms with Crippen LogP contribution in [0.3, 0.4) is 0 Å². The first-order chi connectivity index (χ1) is 9.20. The molecule has 1 aliphatic rings. The summed E-state index contributed by atoms with van der Waals surface area (Å²) in [4.78, 5) is 15.9. The molecule has 0 atom stereocenters. The molecule has 98 valence electrons. The molecule has 3 rings (SSSR count). The van der Waals surface area contributed by atoms with Gasteiger partial charge in [-0.1, -0.05) is 23.7 Å². The van der Waals surface area contributed by atoms with E-state index in [1.165, 1.54) is 16.9 Å². The molecule has 0 unspecified atom stereocenters. The number of rotatable bonds is 4. The summed E-state index contributed by atoms with van der Waals surface area (Å²) >= 11 is 7.33. The van der Waals surface area contributed by atoms with Gasteiger partial charge in [0, 0.05) is 22.4 Å². The van der Waals surface area contributed by atoms with E-state index < -0.39 is 0 Å². The van der Waals surface area contributed by atoms with E-state index in [0.717, 1.165) is 17.9 Å². The molecule has 1 amide bonds. The molecule has 5 heteroatoms. The van der Waals surface area contributed by atoms with Crippen LogP contribution >= 0.6 is 22.9 Å². The Morgan fingerprint density at radius 3 is 2.68 bits per heavy atom. The van der Waals surface area contributed by atoms with E-state index in [1.807, 2.05) is 24.3 Å². The number of halogens is 1. The lowest BCUT2D eigenvalue weighted by Crippen LogP contribution is -2.32. The Hall–Kier alpha value is -1.39. The van der Waals surface area contributed by atoms with Crippen LogP contribution in [0, 0.1) is 0 Å². The van der Waals surface area contributed by atoms with E-state index in [1.54, 1.807) is 10.9 Å². The van der Waals surface area contributed by atoms with Crippen LogP contribution in [0.4, 0.5) is 0 Å². The summed E-state index contributed by atoms with van der Waals surface area (Å²) in [5, 5.41) is 5.48. The quantitative estimate of drug-likeness (QED) is 0.940. The number of carbonyl (C=O) groups is 1. The molecule has 0 aliphatic heterocycles. The van der Waals surface area contributed by atoms with Crippen LogP contribution in [0.5, 0.6) is 0 Å². The number of aromatic nitrogens is 1. The first kappa shape index (κ1) is 12.6. The molecule has 0 spiro atoms. The summed E-state index contributed by atoms with van der Waals surface area (Å²) in [5.41, 5.74) is 3.50. The van der Waals surface area contributed by atoms with E-state index >= 15 is 0 Å². The topological polar surface area (TPSA) is 42.0 Å². The van der Waals surface area contributed by atoms with Gasteiger partial charge in [0.2, 0.25) is 0 Å². The average molecular weight is 293 g/mol. The molecule has 1 heterocycles. The van der Waals surface area contributed by atoms with Crippen molar-refractivity contribution in [1.82, 2.24) is 10.3 Å². The lowest BCUT2D eigenvalue weighted by Gasteiger charge is -2.16. The zero-order valence-corrected chi connectivity index (χ0v) is 11.8. The van der Waals surface area contributed by atoms with Gasteiger partial charge < -0.3 is 5.32 Å². The number of nitrogens with one attached hydrogen (secondary N) is 1. The molecule has 0 bridgehead atoms. The van der Waals surface area contributed by atoms with Gasteiger partial charge in [-0.25, -0.2) is 4.98 Å². The second-order valence-corrected chi connectivity index (χ2v) is 6.00. The predicted octanol–water partition coefficient (Wildman–Crippen LogP) is 3.26. The first-order valence-corrected chi connectivity index (χ1v) is 7.44. The maximum Gasteiger partial charge on any atom is 0.270 e. The van der Waals surface area contributed by atoms with E-state index in [9.17, 15) is 4.79 Å². The summed E-state index contributed by atoms with van der Waals surface area (Å²) in [6.07, 6.45) is 2.21. The Morgan fingerprint density at radius 1 is 1.37 bits per heavy atom. The Bertz CT molecular complexity index is 576. The van der Waals surface area contributed by atoms with E-state index in [0.29, 0.717) is 12.2 Å². The summed E-state index contributed by atoms with van der Waals surface area (Å²) < 4.78 is 0. The lowest BCUT2D eigenvalue weighted by atomic mass is 9.96. The molecule has 0 saturated heterocycles. The zero-order chi connectivity index (χ0) is 13.3. The molecule has 0 radical (unpaired) electrons. The molecule has 1 aliphatic carbocycles. The Balaban J connectivity index is 1.66. The Morgan fingerprint density at radius 2 is 2.11 bits per heavy atom. The smallest absolute Gasteiger partial charge is 0.270 e. The summed E-state index contributed by atoms with van der Waals surface area (Å²) in [5.74, 6) is -0.0958. The number of benzene rings is 1. The van der Waals surface area contributed by atoms with Crippen LogP contribution in [0.1, 0.15) is 28.9 Å². The van der Waals surface area contributed by atoms with Crippen molar-refractivity contribution in [3.05, 3.63) is 51.4 Å². The minimum absolute atomic E-state index is 0.0935. The third kappa shape index (κ3) is 2.65. The van der Waals surface area contributed by atoms with Crippen molar-refractivity contribution in [3.8, 4) is 0 Å². The SMILES string of the molecule is O=C(NCC1(c2ccc(Cl)cc2)CC1)c1cscn1. The van der Waals surface area contributed by atoms with Crippen LogP contribution in [0.2, 0.25) is 5.02 Å². The molecule has 2 aromatic rings. The van der Waals surface area contributed by atoms with Gasteiger partial charge in [-0.05, 0) is 30.5 Å². The van der Waals surface area contributed by atoms with Gasteiger partial charge in [0.05, 0.1) is 5.51 Å².